The lowest BCUT2D eigenvalue weighted by Crippen LogP contribution is -1.87. The van der Waals surface area contributed by atoms with Crippen molar-refractivity contribution in [1.29, 1.82) is 0 Å². The molecule has 5 heteroatoms. The van der Waals surface area contributed by atoms with Crippen LogP contribution in [0.3, 0.4) is 0 Å². The average Bonchev–Trinajstić information content (AvgIpc) is 2.97. The van der Waals surface area contributed by atoms with Gasteiger partial charge in [0, 0.05) is 22.6 Å². The molecule has 0 aliphatic heterocycles. The fourth-order valence-electron chi connectivity index (χ4n) is 1.96. The zero-order valence-electron chi connectivity index (χ0n) is 11.1. The highest BCUT2D eigenvalue weighted by Gasteiger charge is 2.11. The Labute approximate surface area is 124 Å². The molecular formula is C16H11F2NOS. The van der Waals surface area contributed by atoms with Crippen molar-refractivity contribution in [2.75, 3.05) is 7.11 Å². The molecule has 0 saturated heterocycles. The van der Waals surface area contributed by atoms with Gasteiger partial charge in [-0.1, -0.05) is 0 Å². The van der Waals surface area contributed by atoms with Crippen LogP contribution in [-0.4, -0.2) is 12.1 Å². The number of halogens is 2. The molecule has 0 saturated carbocycles. The van der Waals surface area contributed by atoms with Gasteiger partial charge in [-0.05, 0) is 36.4 Å². The van der Waals surface area contributed by atoms with Crippen molar-refractivity contribution < 1.29 is 13.5 Å². The first-order valence-electron chi connectivity index (χ1n) is 6.23. The first-order valence-corrected chi connectivity index (χ1v) is 7.11. The molecule has 2 nitrogen and oxygen atoms in total. The van der Waals surface area contributed by atoms with Crippen LogP contribution in [0.1, 0.15) is 0 Å². The smallest absolute Gasteiger partial charge is 0.135 e. The molecule has 106 valence electrons. The predicted molar refractivity (Wildman–Crippen MR) is 79.5 cm³/mol. The number of rotatable bonds is 3. The summed E-state index contributed by atoms with van der Waals surface area (Å²) in [6, 6.07) is 11.0. The summed E-state index contributed by atoms with van der Waals surface area (Å²) in [5.41, 5.74) is 1.73. The van der Waals surface area contributed by atoms with Gasteiger partial charge in [-0.25, -0.2) is 13.8 Å². The highest BCUT2D eigenvalue weighted by atomic mass is 32.1. The Balaban J connectivity index is 1.95. The van der Waals surface area contributed by atoms with Crippen molar-refractivity contribution in [3.8, 4) is 27.6 Å². The summed E-state index contributed by atoms with van der Waals surface area (Å²) in [4.78, 5) is 4.41. The van der Waals surface area contributed by atoms with E-state index in [0.717, 1.165) is 22.4 Å². The summed E-state index contributed by atoms with van der Waals surface area (Å²) >= 11 is 1.41. The number of ether oxygens (including phenoxy) is 1. The van der Waals surface area contributed by atoms with Gasteiger partial charge in [-0.3, -0.25) is 0 Å². The third kappa shape index (κ3) is 2.78. The zero-order valence-corrected chi connectivity index (χ0v) is 12.0. The second-order valence-electron chi connectivity index (χ2n) is 4.39. The minimum Gasteiger partial charge on any atom is -0.497 e. The first kappa shape index (κ1) is 13.7. The van der Waals surface area contributed by atoms with Gasteiger partial charge in [0.1, 0.15) is 22.4 Å². The Bertz CT molecular complexity index is 768. The minimum absolute atomic E-state index is 0.299. The highest BCUT2D eigenvalue weighted by molar-refractivity contribution is 7.13. The van der Waals surface area contributed by atoms with E-state index >= 15 is 0 Å². The van der Waals surface area contributed by atoms with Crippen LogP contribution in [0.25, 0.3) is 21.8 Å². The molecule has 2 aromatic carbocycles. The average molecular weight is 303 g/mol. The van der Waals surface area contributed by atoms with E-state index in [4.69, 9.17) is 4.74 Å². The Morgan fingerprint density at radius 3 is 2.48 bits per heavy atom. The number of nitrogens with zero attached hydrogens (tertiary/aromatic N) is 1. The maximum absolute atomic E-state index is 13.8. The third-order valence-corrected chi connectivity index (χ3v) is 3.94. The topological polar surface area (TPSA) is 22.1 Å². The number of hydrogen-bond acceptors (Lipinski definition) is 3. The summed E-state index contributed by atoms with van der Waals surface area (Å²) in [5.74, 6) is -0.441. The van der Waals surface area contributed by atoms with E-state index in [1.165, 1.54) is 23.5 Å². The van der Waals surface area contributed by atoms with Crippen LogP contribution >= 0.6 is 11.3 Å². The standard InChI is InChI=1S/C16H11F2NOS/c1-20-12-5-2-10(3-6-12)16-19-15(9-21-16)13-7-4-11(17)8-14(13)18/h2-9H,1H3. The Morgan fingerprint density at radius 1 is 1.05 bits per heavy atom. The van der Waals surface area contributed by atoms with Crippen molar-refractivity contribution >= 4 is 11.3 Å². The quantitative estimate of drug-likeness (QED) is 0.695. The molecule has 3 aromatic rings. The molecule has 0 amide bonds. The zero-order chi connectivity index (χ0) is 14.8. The summed E-state index contributed by atoms with van der Waals surface area (Å²) in [6.45, 7) is 0. The fourth-order valence-corrected chi connectivity index (χ4v) is 2.79. The van der Waals surface area contributed by atoms with E-state index in [2.05, 4.69) is 4.98 Å². The molecule has 0 spiro atoms. The first-order chi connectivity index (χ1) is 10.2. The van der Waals surface area contributed by atoms with Crippen molar-refractivity contribution in [3.05, 3.63) is 59.5 Å². The minimum atomic E-state index is -0.610. The van der Waals surface area contributed by atoms with Gasteiger partial charge in [0.05, 0.1) is 12.8 Å². The molecule has 0 aliphatic carbocycles. The third-order valence-electron chi connectivity index (χ3n) is 3.05. The molecule has 0 aliphatic rings. The van der Waals surface area contributed by atoms with Crippen LogP contribution in [-0.2, 0) is 0 Å². The van der Waals surface area contributed by atoms with Crippen molar-refractivity contribution in [2.24, 2.45) is 0 Å². The maximum Gasteiger partial charge on any atom is 0.135 e. The van der Waals surface area contributed by atoms with Crippen LogP contribution in [0.5, 0.6) is 5.75 Å². The number of benzene rings is 2. The van der Waals surface area contributed by atoms with Crippen LogP contribution < -0.4 is 4.74 Å². The van der Waals surface area contributed by atoms with E-state index in [1.807, 2.05) is 24.3 Å². The van der Waals surface area contributed by atoms with Crippen LogP contribution in [0, 0.1) is 11.6 Å². The second kappa shape index (κ2) is 5.61. The lowest BCUT2D eigenvalue weighted by atomic mass is 10.1. The number of methoxy groups -OCH3 is 1. The van der Waals surface area contributed by atoms with Gasteiger partial charge in [-0.15, -0.1) is 11.3 Å². The van der Waals surface area contributed by atoms with E-state index in [0.29, 0.717) is 11.3 Å². The van der Waals surface area contributed by atoms with Crippen molar-refractivity contribution in [2.45, 2.75) is 0 Å². The molecule has 0 unspecified atom stereocenters. The number of thiazole rings is 1. The van der Waals surface area contributed by atoms with E-state index < -0.39 is 11.6 Å². The van der Waals surface area contributed by atoms with Gasteiger partial charge >= 0.3 is 0 Å². The Kier molecular flexibility index (Phi) is 3.66. The summed E-state index contributed by atoms with van der Waals surface area (Å²) in [5, 5.41) is 2.53. The molecular weight excluding hydrogens is 292 g/mol. The van der Waals surface area contributed by atoms with E-state index in [9.17, 15) is 8.78 Å². The van der Waals surface area contributed by atoms with Crippen molar-refractivity contribution in [3.63, 3.8) is 0 Å². The number of aromatic nitrogens is 1. The summed E-state index contributed by atoms with van der Waals surface area (Å²) in [7, 11) is 1.60. The van der Waals surface area contributed by atoms with E-state index in [-0.39, 0.29) is 0 Å². The van der Waals surface area contributed by atoms with Gasteiger partial charge in [0.15, 0.2) is 0 Å². The normalized spacial score (nSPS) is 10.6. The molecule has 21 heavy (non-hydrogen) atoms. The highest BCUT2D eigenvalue weighted by Crippen LogP contribution is 2.31. The molecule has 0 atom stereocenters. The largest absolute Gasteiger partial charge is 0.497 e. The van der Waals surface area contributed by atoms with Gasteiger partial charge in [0.2, 0.25) is 0 Å². The van der Waals surface area contributed by atoms with Crippen LogP contribution in [0.2, 0.25) is 0 Å². The van der Waals surface area contributed by atoms with Crippen molar-refractivity contribution in [1.82, 2.24) is 4.98 Å². The molecule has 0 bridgehead atoms. The van der Waals surface area contributed by atoms with Gasteiger partial charge < -0.3 is 4.74 Å². The lowest BCUT2D eigenvalue weighted by Gasteiger charge is -2.01. The lowest BCUT2D eigenvalue weighted by molar-refractivity contribution is 0.415. The Hall–Kier alpha value is -2.27. The predicted octanol–water partition coefficient (Wildman–Crippen LogP) is 4.76. The van der Waals surface area contributed by atoms with Crippen LogP contribution in [0.15, 0.2) is 47.8 Å². The molecule has 0 fully saturated rings. The Morgan fingerprint density at radius 2 is 1.81 bits per heavy atom. The van der Waals surface area contributed by atoms with Gasteiger partial charge in [-0.2, -0.15) is 0 Å². The molecule has 1 heterocycles. The summed E-state index contributed by atoms with van der Waals surface area (Å²) in [6.07, 6.45) is 0. The van der Waals surface area contributed by atoms with Crippen LogP contribution in [0.4, 0.5) is 8.78 Å². The molecule has 0 radical (unpaired) electrons. The molecule has 3 rings (SSSR count). The van der Waals surface area contributed by atoms with E-state index in [1.54, 1.807) is 12.5 Å². The van der Waals surface area contributed by atoms with Gasteiger partial charge in [0.25, 0.3) is 0 Å². The second-order valence-corrected chi connectivity index (χ2v) is 5.25. The fraction of sp³-hybridized carbons (Fsp3) is 0.0625. The molecule has 1 aromatic heterocycles. The number of hydrogen-bond donors (Lipinski definition) is 0. The monoisotopic (exact) mass is 303 g/mol. The SMILES string of the molecule is COc1ccc(-c2nc(-c3ccc(F)cc3F)cs2)cc1. The maximum atomic E-state index is 13.8. The molecule has 0 N–H and O–H groups in total. The summed E-state index contributed by atoms with van der Waals surface area (Å²) < 4.78 is 31.8.